The number of nitrogen functional groups attached to an aromatic ring is 1. The van der Waals surface area contributed by atoms with Crippen molar-refractivity contribution in [1.29, 1.82) is 0 Å². The molecule has 0 radical (unpaired) electrons. The Hall–Kier alpha value is -1.38. The lowest BCUT2D eigenvalue weighted by Gasteiger charge is -2.39. The number of aliphatic hydroxyl groups is 4. The predicted molar refractivity (Wildman–Crippen MR) is 65.2 cm³/mol. The van der Waals surface area contributed by atoms with Gasteiger partial charge in [-0.15, -0.1) is 0 Å². The van der Waals surface area contributed by atoms with Crippen LogP contribution in [0.3, 0.4) is 0 Å². The second kappa shape index (κ2) is 5.72. The van der Waals surface area contributed by atoms with Gasteiger partial charge >= 0.3 is 0 Å². The van der Waals surface area contributed by atoms with Gasteiger partial charge in [-0.05, 0) is 24.3 Å². The maximum Gasteiger partial charge on any atom is 0.229 e. The first-order valence-electron chi connectivity index (χ1n) is 5.85. The van der Waals surface area contributed by atoms with E-state index in [1.807, 2.05) is 0 Å². The summed E-state index contributed by atoms with van der Waals surface area (Å²) in [7, 11) is 0. The number of ether oxygens (including phenoxy) is 2. The third-order valence-corrected chi connectivity index (χ3v) is 2.98. The molecule has 106 valence electrons. The van der Waals surface area contributed by atoms with Gasteiger partial charge in [0.1, 0.15) is 30.2 Å². The normalized spacial score (nSPS) is 35.1. The molecule has 19 heavy (non-hydrogen) atoms. The number of hydrogen-bond acceptors (Lipinski definition) is 7. The lowest BCUT2D eigenvalue weighted by atomic mass is 9.99. The summed E-state index contributed by atoms with van der Waals surface area (Å²) in [6, 6.07) is 6.38. The molecular formula is C12H17NO6. The highest BCUT2D eigenvalue weighted by atomic mass is 16.7. The van der Waals surface area contributed by atoms with E-state index in [0.717, 1.165) is 0 Å². The molecule has 7 heteroatoms. The van der Waals surface area contributed by atoms with Crippen molar-refractivity contribution in [2.75, 3.05) is 12.3 Å². The Morgan fingerprint density at radius 1 is 1.05 bits per heavy atom. The Kier molecular flexibility index (Phi) is 4.23. The van der Waals surface area contributed by atoms with Crippen molar-refractivity contribution in [2.45, 2.75) is 30.7 Å². The van der Waals surface area contributed by atoms with Gasteiger partial charge in [0.05, 0.1) is 6.61 Å². The van der Waals surface area contributed by atoms with Crippen LogP contribution < -0.4 is 10.5 Å². The Morgan fingerprint density at radius 2 is 1.68 bits per heavy atom. The van der Waals surface area contributed by atoms with Crippen LogP contribution in [0.4, 0.5) is 5.69 Å². The van der Waals surface area contributed by atoms with E-state index < -0.39 is 37.3 Å². The molecule has 0 aliphatic carbocycles. The Balaban J connectivity index is 2.08. The van der Waals surface area contributed by atoms with Crippen LogP contribution in [0.2, 0.25) is 0 Å². The van der Waals surface area contributed by atoms with Crippen LogP contribution in [0.1, 0.15) is 0 Å². The molecule has 0 bridgehead atoms. The molecule has 6 N–H and O–H groups in total. The fourth-order valence-electron chi connectivity index (χ4n) is 1.85. The molecule has 2 rings (SSSR count). The molecule has 5 atom stereocenters. The summed E-state index contributed by atoms with van der Waals surface area (Å²) in [5, 5.41) is 38.0. The van der Waals surface area contributed by atoms with E-state index >= 15 is 0 Å². The summed E-state index contributed by atoms with van der Waals surface area (Å²) >= 11 is 0. The zero-order chi connectivity index (χ0) is 14.0. The average Bonchev–Trinajstić information content (AvgIpc) is 2.42. The minimum atomic E-state index is -1.45. The molecular weight excluding hydrogens is 254 g/mol. The van der Waals surface area contributed by atoms with Crippen LogP contribution in [0.25, 0.3) is 0 Å². The largest absolute Gasteiger partial charge is 0.462 e. The standard InChI is InChI=1S/C12H17NO6/c13-6-1-3-7(4-2-6)18-12-11(17)10(16)9(15)8(5-14)19-12/h1-4,8-12,14-17H,5,13H2/t8-,9-,10+,11-,12+/m0/s1. The van der Waals surface area contributed by atoms with Crippen molar-refractivity contribution in [3.63, 3.8) is 0 Å². The Bertz CT molecular complexity index is 409. The second-order valence-corrected chi connectivity index (χ2v) is 4.38. The molecule has 1 heterocycles. The quantitative estimate of drug-likeness (QED) is 0.421. The first-order valence-corrected chi connectivity index (χ1v) is 5.85. The minimum absolute atomic E-state index is 0.388. The maximum absolute atomic E-state index is 9.77. The van der Waals surface area contributed by atoms with Gasteiger partial charge in [0.15, 0.2) is 0 Å². The maximum atomic E-state index is 9.77. The van der Waals surface area contributed by atoms with Gasteiger partial charge in [-0.2, -0.15) is 0 Å². The molecule has 1 saturated heterocycles. The van der Waals surface area contributed by atoms with Crippen molar-refractivity contribution in [1.82, 2.24) is 0 Å². The minimum Gasteiger partial charge on any atom is -0.462 e. The first-order chi connectivity index (χ1) is 9.02. The summed E-state index contributed by atoms with van der Waals surface area (Å²) < 4.78 is 10.6. The van der Waals surface area contributed by atoms with Crippen molar-refractivity contribution in [3.8, 4) is 5.75 Å². The predicted octanol–water partition coefficient (Wildman–Crippen LogP) is -1.55. The zero-order valence-electron chi connectivity index (χ0n) is 10.1. The molecule has 0 saturated carbocycles. The Labute approximate surface area is 109 Å². The molecule has 1 aliphatic rings. The van der Waals surface area contributed by atoms with Gasteiger partial charge < -0.3 is 35.6 Å². The fraction of sp³-hybridized carbons (Fsp3) is 0.500. The van der Waals surface area contributed by atoms with Gasteiger partial charge in [0.25, 0.3) is 0 Å². The zero-order valence-corrected chi connectivity index (χ0v) is 10.1. The SMILES string of the molecule is Nc1ccc(O[C@@H]2O[C@@H](CO)[C@H](O)[C@@H](O)[C@@H]2O)cc1. The van der Waals surface area contributed by atoms with Crippen LogP contribution in [0.15, 0.2) is 24.3 Å². The third kappa shape index (κ3) is 2.96. The van der Waals surface area contributed by atoms with Crippen LogP contribution in [-0.2, 0) is 4.74 Å². The van der Waals surface area contributed by atoms with E-state index in [1.165, 1.54) is 0 Å². The van der Waals surface area contributed by atoms with Gasteiger partial charge in [0, 0.05) is 5.69 Å². The van der Waals surface area contributed by atoms with Gasteiger partial charge in [-0.25, -0.2) is 0 Å². The van der Waals surface area contributed by atoms with E-state index in [0.29, 0.717) is 11.4 Å². The molecule has 0 spiro atoms. The van der Waals surface area contributed by atoms with Crippen molar-refractivity contribution in [2.24, 2.45) is 0 Å². The topological polar surface area (TPSA) is 125 Å². The van der Waals surface area contributed by atoms with Gasteiger partial charge in [0.2, 0.25) is 6.29 Å². The molecule has 1 aromatic rings. The summed E-state index contributed by atoms with van der Waals surface area (Å²) in [4.78, 5) is 0. The van der Waals surface area contributed by atoms with Crippen LogP contribution in [-0.4, -0.2) is 57.7 Å². The molecule has 1 aromatic carbocycles. The summed E-state index contributed by atoms with van der Waals surface area (Å²) in [6.07, 6.45) is -6.44. The molecule has 0 unspecified atom stereocenters. The number of anilines is 1. The highest BCUT2D eigenvalue weighted by Crippen LogP contribution is 2.24. The molecule has 1 aliphatic heterocycles. The highest BCUT2D eigenvalue weighted by Gasteiger charge is 2.44. The molecule has 0 aromatic heterocycles. The molecule has 0 amide bonds. The summed E-state index contributed by atoms with van der Waals surface area (Å²) in [5.41, 5.74) is 6.09. The van der Waals surface area contributed by atoms with E-state index in [9.17, 15) is 15.3 Å². The summed E-state index contributed by atoms with van der Waals surface area (Å²) in [5.74, 6) is 0.388. The van der Waals surface area contributed by atoms with Crippen molar-refractivity contribution >= 4 is 5.69 Å². The van der Waals surface area contributed by atoms with Gasteiger partial charge in [-0.3, -0.25) is 0 Å². The second-order valence-electron chi connectivity index (χ2n) is 4.38. The number of nitrogens with two attached hydrogens (primary N) is 1. The van der Waals surface area contributed by atoms with Crippen molar-refractivity contribution in [3.05, 3.63) is 24.3 Å². The number of rotatable bonds is 3. The molecule has 7 nitrogen and oxygen atoms in total. The average molecular weight is 271 g/mol. The molecule has 1 fully saturated rings. The number of benzene rings is 1. The monoisotopic (exact) mass is 271 g/mol. The van der Waals surface area contributed by atoms with Crippen LogP contribution in [0.5, 0.6) is 5.75 Å². The smallest absolute Gasteiger partial charge is 0.229 e. The van der Waals surface area contributed by atoms with E-state index in [4.69, 9.17) is 20.3 Å². The highest BCUT2D eigenvalue weighted by molar-refractivity contribution is 5.41. The van der Waals surface area contributed by atoms with Crippen LogP contribution in [0, 0.1) is 0 Å². The fourth-order valence-corrected chi connectivity index (χ4v) is 1.85. The van der Waals surface area contributed by atoms with Crippen LogP contribution >= 0.6 is 0 Å². The lowest BCUT2D eigenvalue weighted by Crippen LogP contribution is -2.60. The number of aliphatic hydroxyl groups excluding tert-OH is 4. The Morgan fingerprint density at radius 3 is 2.26 bits per heavy atom. The van der Waals surface area contributed by atoms with E-state index in [2.05, 4.69) is 0 Å². The lowest BCUT2D eigenvalue weighted by molar-refractivity contribution is -0.277. The third-order valence-electron chi connectivity index (χ3n) is 2.98. The van der Waals surface area contributed by atoms with Crippen molar-refractivity contribution < 1.29 is 29.9 Å². The summed E-state index contributed by atoms with van der Waals surface area (Å²) in [6.45, 7) is -0.494. The number of hydrogen-bond donors (Lipinski definition) is 5. The first kappa shape index (κ1) is 14.0. The van der Waals surface area contributed by atoms with E-state index in [1.54, 1.807) is 24.3 Å². The van der Waals surface area contributed by atoms with E-state index in [-0.39, 0.29) is 0 Å². The van der Waals surface area contributed by atoms with Gasteiger partial charge in [-0.1, -0.05) is 0 Å².